The molecule has 5 heteroatoms. The Morgan fingerprint density at radius 2 is 2.04 bits per heavy atom. The van der Waals surface area contributed by atoms with Crippen LogP contribution in [0.2, 0.25) is 0 Å². The second-order valence-electron chi connectivity index (χ2n) is 6.53. The van der Waals surface area contributed by atoms with Gasteiger partial charge in [-0.3, -0.25) is 4.90 Å². The van der Waals surface area contributed by atoms with Gasteiger partial charge in [0.15, 0.2) is 11.5 Å². The van der Waals surface area contributed by atoms with E-state index in [4.69, 9.17) is 14.2 Å². The first-order valence-corrected chi connectivity index (χ1v) is 9.13. The molecule has 1 atom stereocenters. The van der Waals surface area contributed by atoms with E-state index < -0.39 is 0 Å². The van der Waals surface area contributed by atoms with E-state index in [1.54, 1.807) is 13.2 Å². The molecule has 0 spiro atoms. The summed E-state index contributed by atoms with van der Waals surface area (Å²) in [5.41, 5.74) is 2.23. The van der Waals surface area contributed by atoms with E-state index in [2.05, 4.69) is 11.8 Å². The van der Waals surface area contributed by atoms with Crippen LogP contribution in [0.1, 0.15) is 31.4 Å². The monoisotopic (exact) mass is 357 g/mol. The van der Waals surface area contributed by atoms with Gasteiger partial charge in [0.2, 0.25) is 0 Å². The summed E-state index contributed by atoms with van der Waals surface area (Å²) in [4.78, 5) is 2.36. The van der Waals surface area contributed by atoms with E-state index in [9.17, 15) is 5.11 Å². The molecule has 0 radical (unpaired) electrons. The lowest BCUT2D eigenvalue weighted by molar-refractivity contribution is 0.139. The molecule has 0 saturated carbocycles. The van der Waals surface area contributed by atoms with Crippen molar-refractivity contribution < 1.29 is 19.3 Å². The number of phenols is 1. The molecule has 0 unspecified atom stereocenters. The largest absolute Gasteiger partial charge is 0.504 e. The summed E-state index contributed by atoms with van der Waals surface area (Å²) in [5.74, 6) is 2.48. The molecular formula is C21H27NO4. The van der Waals surface area contributed by atoms with Crippen molar-refractivity contribution in [3.63, 3.8) is 0 Å². The Morgan fingerprint density at radius 3 is 2.77 bits per heavy atom. The van der Waals surface area contributed by atoms with Crippen molar-refractivity contribution in [3.8, 4) is 23.0 Å². The number of fused-ring (bicyclic) bond motifs is 1. The van der Waals surface area contributed by atoms with Gasteiger partial charge in [-0.05, 0) is 49.2 Å². The van der Waals surface area contributed by atoms with Crippen LogP contribution in [0.3, 0.4) is 0 Å². The Bertz CT molecular complexity index is 747. The summed E-state index contributed by atoms with van der Waals surface area (Å²) in [6.45, 7) is 6.97. The third-order valence-electron chi connectivity index (χ3n) is 4.60. The van der Waals surface area contributed by atoms with Crippen LogP contribution in [0.4, 0.5) is 0 Å². The van der Waals surface area contributed by atoms with Gasteiger partial charge in [-0.15, -0.1) is 0 Å². The highest BCUT2D eigenvalue weighted by Crippen LogP contribution is 2.31. The molecule has 0 bridgehead atoms. The molecule has 0 aliphatic carbocycles. The molecule has 1 aliphatic heterocycles. The van der Waals surface area contributed by atoms with E-state index in [1.807, 2.05) is 37.3 Å². The van der Waals surface area contributed by atoms with Crippen molar-refractivity contribution in [3.05, 3.63) is 47.5 Å². The zero-order valence-corrected chi connectivity index (χ0v) is 15.7. The third-order valence-corrected chi connectivity index (χ3v) is 4.60. The highest BCUT2D eigenvalue weighted by Gasteiger charge is 2.22. The van der Waals surface area contributed by atoms with E-state index in [1.165, 1.54) is 0 Å². The maximum Gasteiger partial charge on any atom is 0.161 e. The average molecular weight is 357 g/mol. The number of ether oxygens (including phenoxy) is 3. The second-order valence-corrected chi connectivity index (χ2v) is 6.53. The zero-order chi connectivity index (χ0) is 18.5. The van der Waals surface area contributed by atoms with Crippen molar-refractivity contribution in [1.82, 2.24) is 4.90 Å². The van der Waals surface area contributed by atoms with Crippen molar-refractivity contribution >= 4 is 0 Å². The van der Waals surface area contributed by atoms with Crippen LogP contribution in [0.5, 0.6) is 23.0 Å². The number of methoxy groups -OCH3 is 1. The van der Waals surface area contributed by atoms with Gasteiger partial charge in [0.1, 0.15) is 17.6 Å². The van der Waals surface area contributed by atoms with Crippen LogP contribution in [-0.4, -0.2) is 36.4 Å². The lowest BCUT2D eigenvalue weighted by Gasteiger charge is -2.23. The van der Waals surface area contributed by atoms with Gasteiger partial charge in [-0.1, -0.05) is 13.0 Å². The van der Waals surface area contributed by atoms with Gasteiger partial charge in [0.05, 0.1) is 13.7 Å². The van der Waals surface area contributed by atoms with E-state index in [0.29, 0.717) is 12.4 Å². The lowest BCUT2D eigenvalue weighted by Crippen LogP contribution is -2.32. The zero-order valence-electron chi connectivity index (χ0n) is 15.7. The van der Waals surface area contributed by atoms with Crippen LogP contribution in [-0.2, 0) is 13.1 Å². The molecule has 0 aromatic heterocycles. The third kappa shape index (κ3) is 4.22. The first kappa shape index (κ1) is 18.4. The first-order valence-electron chi connectivity index (χ1n) is 9.13. The molecule has 26 heavy (non-hydrogen) atoms. The van der Waals surface area contributed by atoms with Gasteiger partial charge in [0, 0.05) is 25.2 Å². The van der Waals surface area contributed by atoms with Crippen LogP contribution in [0.15, 0.2) is 36.4 Å². The van der Waals surface area contributed by atoms with Gasteiger partial charge in [0.25, 0.3) is 0 Å². The summed E-state index contributed by atoms with van der Waals surface area (Å²) < 4.78 is 17.1. The fraction of sp³-hybridized carbons (Fsp3) is 0.429. The van der Waals surface area contributed by atoms with Crippen LogP contribution in [0, 0.1) is 0 Å². The van der Waals surface area contributed by atoms with Crippen LogP contribution >= 0.6 is 0 Å². The Balaban J connectivity index is 1.83. The molecule has 3 rings (SSSR count). The number of benzene rings is 2. The van der Waals surface area contributed by atoms with Crippen molar-refractivity contribution in [2.24, 2.45) is 0 Å². The van der Waals surface area contributed by atoms with Gasteiger partial charge < -0.3 is 19.3 Å². The van der Waals surface area contributed by atoms with Crippen molar-refractivity contribution in [2.45, 2.75) is 39.5 Å². The van der Waals surface area contributed by atoms with Crippen LogP contribution in [0.25, 0.3) is 0 Å². The van der Waals surface area contributed by atoms with Gasteiger partial charge >= 0.3 is 0 Å². The second kappa shape index (κ2) is 8.32. The van der Waals surface area contributed by atoms with Crippen molar-refractivity contribution in [2.75, 3.05) is 20.3 Å². The summed E-state index contributed by atoms with van der Waals surface area (Å²) in [6.07, 6.45) is 1.09. The summed E-state index contributed by atoms with van der Waals surface area (Å²) >= 11 is 0. The van der Waals surface area contributed by atoms with Crippen molar-refractivity contribution in [1.29, 1.82) is 0 Å². The number of hydrogen-bond acceptors (Lipinski definition) is 5. The molecule has 0 saturated heterocycles. The minimum absolute atomic E-state index is 0.146. The molecule has 140 valence electrons. The number of hydrogen-bond donors (Lipinski definition) is 1. The molecule has 1 aliphatic rings. The standard InChI is InChI=1S/C21H27NO4/c1-4-17-14-22(12-15-6-8-19(23)21(10-15)25-5-2)13-16-11-18(24-3)7-9-20(16)26-17/h6-11,17,23H,4-5,12-14H2,1-3H3/t17-/m0/s1. The SMILES string of the molecule is CCOc1cc(CN2Cc3cc(OC)ccc3O[C@@H](CC)C2)ccc1O. The van der Waals surface area contributed by atoms with Gasteiger partial charge in [-0.2, -0.15) is 0 Å². The van der Waals surface area contributed by atoms with Crippen LogP contribution < -0.4 is 14.2 Å². The predicted molar refractivity (Wildman–Crippen MR) is 101 cm³/mol. The van der Waals surface area contributed by atoms with E-state index >= 15 is 0 Å². The van der Waals surface area contributed by atoms with E-state index in [-0.39, 0.29) is 11.9 Å². The highest BCUT2D eigenvalue weighted by molar-refractivity contribution is 5.43. The minimum Gasteiger partial charge on any atom is -0.504 e. The molecular weight excluding hydrogens is 330 g/mol. The predicted octanol–water partition coefficient (Wildman–Crippen LogP) is 3.97. The Hall–Kier alpha value is -2.40. The molecule has 2 aromatic carbocycles. The Kier molecular flexibility index (Phi) is 5.89. The van der Waals surface area contributed by atoms with E-state index in [0.717, 1.165) is 48.7 Å². The average Bonchev–Trinajstić information content (AvgIpc) is 2.82. The Morgan fingerprint density at radius 1 is 1.19 bits per heavy atom. The smallest absolute Gasteiger partial charge is 0.161 e. The lowest BCUT2D eigenvalue weighted by atomic mass is 10.1. The molecule has 0 fully saturated rings. The molecule has 0 amide bonds. The number of nitrogens with zero attached hydrogens (tertiary/aromatic N) is 1. The Labute approximate surface area is 155 Å². The number of rotatable bonds is 6. The topological polar surface area (TPSA) is 51.2 Å². The fourth-order valence-electron chi connectivity index (χ4n) is 3.25. The summed E-state index contributed by atoms with van der Waals surface area (Å²) in [6, 6.07) is 11.5. The maximum absolute atomic E-state index is 9.91. The molecule has 1 heterocycles. The first-order chi connectivity index (χ1) is 12.6. The molecule has 5 nitrogen and oxygen atoms in total. The van der Waals surface area contributed by atoms with Gasteiger partial charge in [-0.25, -0.2) is 0 Å². The number of aromatic hydroxyl groups is 1. The minimum atomic E-state index is 0.146. The molecule has 2 aromatic rings. The quantitative estimate of drug-likeness (QED) is 0.848. The highest BCUT2D eigenvalue weighted by atomic mass is 16.5. The summed E-state index contributed by atoms with van der Waals surface area (Å²) in [7, 11) is 1.68. The fourth-order valence-corrected chi connectivity index (χ4v) is 3.25. The number of phenolic OH excluding ortho intramolecular Hbond substituents is 1. The normalized spacial score (nSPS) is 17.1. The molecule has 1 N–H and O–H groups in total. The summed E-state index contributed by atoms with van der Waals surface area (Å²) in [5, 5.41) is 9.91. The maximum atomic E-state index is 9.91.